The van der Waals surface area contributed by atoms with Crippen LogP contribution in [0, 0.1) is 5.92 Å². The zero-order chi connectivity index (χ0) is 12.3. The van der Waals surface area contributed by atoms with Gasteiger partial charge in [-0.1, -0.05) is 0 Å². The van der Waals surface area contributed by atoms with Gasteiger partial charge in [0.2, 0.25) is 5.95 Å². The topological polar surface area (TPSA) is 80.1 Å². The SMILES string of the molecule is COCc1nc(N2CCC(C(C)N)CC2)n[nH]1. The number of methoxy groups -OCH3 is 1. The van der Waals surface area contributed by atoms with Crippen LogP contribution in [0.25, 0.3) is 0 Å². The van der Waals surface area contributed by atoms with Gasteiger partial charge >= 0.3 is 0 Å². The maximum Gasteiger partial charge on any atom is 0.244 e. The van der Waals surface area contributed by atoms with Gasteiger partial charge in [-0.2, -0.15) is 4.98 Å². The summed E-state index contributed by atoms with van der Waals surface area (Å²) in [7, 11) is 1.65. The van der Waals surface area contributed by atoms with Crippen molar-refractivity contribution in [1.29, 1.82) is 0 Å². The summed E-state index contributed by atoms with van der Waals surface area (Å²) in [6.45, 7) is 4.53. The van der Waals surface area contributed by atoms with Gasteiger partial charge in [0, 0.05) is 26.2 Å². The van der Waals surface area contributed by atoms with Gasteiger partial charge in [0.25, 0.3) is 0 Å². The predicted octanol–water partition coefficient (Wildman–Crippen LogP) is 0.515. The van der Waals surface area contributed by atoms with Crippen molar-refractivity contribution >= 4 is 5.95 Å². The van der Waals surface area contributed by atoms with E-state index in [0.717, 1.165) is 37.7 Å². The maximum absolute atomic E-state index is 5.92. The average Bonchev–Trinajstić information content (AvgIpc) is 2.78. The van der Waals surface area contributed by atoms with Crippen LogP contribution in [0.1, 0.15) is 25.6 Å². The molecule has 1 aliphatic rings. The van der Waals surface area contributed by atoms with Crippen molar-refractivity contribution in [3.63, 3.8) is 0 Å². The van der Waals surface area contributed by atoms with E-state index in [2.05, 4.69) is 27.0 Å². The molecule has 2 rings (SSSR count). The van der Waals surface area contributed by atoms with Crippen molar-refractivity contribution in [2.75, 3.05) is 25.1 Å². The molecule has 3 N–H and O–H groups in total. The van der Waals surface area contributed by atoms with Crippen molar-refractivity contribution in [2.45, 2.75) is 32.4 Å². The molecular formula is C11H21N5O. The molecule has 17 heavy (non-hydrogen) atoms. The first kappa shape index (κ1) is 12.3. The minimum absolute atomic E-state index is 0.286. The molecule has 1 aliphatic heterocycles. The number of aromatic nitrogens is 3. The Labute approximate surface area is 102 Å². The number of aromatic amines is 1. The molecule has 0 spiro atoms. The monoisotopic (exact) mass is 239 g/mol. The summed E-state index contributed by atoms with van der Waals surface area (Å²) in [6, 6.07) is 0.286. The molecule has 0 aliphatic carbocycles. The number of nitrogens with two attached hydrogens (primary N) is 1. The third-order valence-electron chi connectivity index (χ3n) is 3.37. The number of piperidine rings is 1. The van der Waals surface area contributed by atoms with Crippen LogP contribution in [0.4, 0.5) is 5.95 Å². The molecule has 1 saturated heterocycles. The molecule has 6 heteroatoms. The number of H-pyrrole nitrogens is 1. The Balaban J connectivity index is 1.91. The summed E-state index contributed by atoms with van der Waals surface area (Å²) in [5.41, 5.74) is 5.92. The maximum atomic E-state index is 5.92. The molecule has 0 amide bonds. The lowest BCUT2D eigenvalue weighted by molar-refractivity contribution is 0.178. The van der Waals surface area contributed by atoms with E-state index in [1.54, 1.807) is 7.11 Å². The smallest absolute Gasteiger partial charge is 0.244 e. The number of anilines is 1. The second-order valence-electron chi connectivity index (χ2n) is 4.70. The standard InChI is InChI=1S/C11H21N5O/c1-8(12)9-3-5-16(6-4-9)11-13-10(7-17-2)14-15-11/h8-9H,3-7,12H2,1-2H3,(H,13,14,15). The van der Waals surface area contributed by atoms with Gasteiger partial charge < -0.3 is 15.4 Å². The highest BCUT2D eigenvalue weighted by Crippen LogP contribution is 2.22. The van der Waals surface area contributed by atoms with E-state index < -0.39 is 0 Å². The molecule has 1 fully saturated rings. The quantitative estimate of drug-likeness (QED) is 0.800. The zero-order valence-electron chi connectivity index (χ0n) is 10.5. The van der Waals surface area contributed by atoms with Gasteiger partial charge in [0.05, 0.1) is 0 Å². The Kier molecular flexibility index (Phi) is 3.96. The van der Waals surface area contributed by atoms with Crippen molar-refractivity contribution in [2.24, 2.45) is 11.7 Å². The number of ether oxygens (including phenoxy) is 1. The van der Waals surface area contributed by atoms with Crippen molar-refractivity contribution in [3.05, 3.63) is 5.82 Å². The first-order valence-corrected chi connectivity index (χ1v) is 6.11. The highest BCUT2D eigenvalue weighted by molar-refractivity contribution is 5.29. The molecule has 96 valence electrons. The lowest BCUT2D eigenvalue weighted by Crippen LogP contribution is -2.40. The van der Waals surface area contributed by atoms with Crippen LogP contribution in [-0.4, -0.2) is 41.4 Å². The number of rotatable bonds is 4. The number of hydrogen-bond donors (Lipinski definition) is 2. The van der Waals surface area contributed by atoms with Crippen LogP contribution < -0.4 is 10.6 Å². The highest BCUT2D eigenvalue weighted by atomic mass is 16.5. The molecule has 0 saturated carbocycles. The van der Waals surface area contributed by atoms with Crippen LogP contribution in [0.5, 0.6) is 0 Å². The van der Waals surface area contributed by atoms with E-state index in [9.17, 15) is 0 Å². The largest absolute Gasteiger partial charge is 0.377 e. The highest BCUT2D eigenvalue weighted by Gasteiger charge is 2.23. The van der Waals surface area contributed by atoms with Crippen LogP contribution in [0.3, 0.4) is 0 Å². The number of nitrogens with one attached hydrogen (secondary N) is 1. The summed E-state index contributed by atoms with van der Waals surface area (Å²) in [5.74, 6) is 2.18. The van der Waals surface area contributed by atoms with Crippen LogP contribution in [0.15, 0.2) is 0 Å². The Morgan fingerprint density at radius 2 is 2.24 bits per heavy atom. The second-order valence-corrected chi connectivity index (χ2v) is 4.70. The van der Waals surface area contributed by atoms with E-state index in [0.29, 0.717) is 12.5 Å². The van der Waals surface area contributed by atoms with E-state index in [4.69, 9.17) is 10.5 Å². The zero-order valence-corrected chi connectivity index (χ0v) is 10.5. The van der Waals surface area contributed by atoms with E-state index in [1.807, 2.05) is 0 Å². The van der Waals surface area contributed by atoms with Crippen molar-refractivity contribution in [1.82, 2.24) is 15.2 Å². The summed E-state index contributed by atoms with van der Waals surface area (Å²) in [5, 5.41) is 7.09. The average molecular weight is 239 g/mol. The lowest BCUT2D eigenvalue weighted by Gasteiger charge is -2.32. The third-order valence-corrected chi connectivity index (χ3v) is 3.37. The predicted molar refractivity (Wildman–Crippen MR) is 65.7 cm³/mol. The minimum atomic E-state index is 0.286. The van der Waals surface area contributed by atoms with Crippen LogP contribution in [0.2, 0.25) is 0 Å². The molecule has 0 radical (unpaired) electrons. The summed E-state index contributed by atoms with van der Waals surface area (Å²) in [6.07, 6.45) is 2.23. The molecule has 1 unspecified atom stereocenters. The Hall–Kier alpha value is -1.14. The first-order valence-electron chi connectivity index (χ1n) is 6.11. The normalized spacial score (nSPS) is 19.6. The molecular weight excluding hydrogens is 218 g/mol. The summed E-state index contributed by atoms with van der Waals surface area (Å²) < 4.78 is 5.01. The Bertz CT molecular complexity index is 343. The van der Waals surface area contributed by atoms with E-state index in [1.165, 1.54) is 0 Å². The van der Waals surface area contributed by atoms with Crippen molar-refractivity contribution in [3.8, 4) is 0 Å². The second kappa shape index (κ2) is 5.46. The molecule has 0 aromatic carbocycles. The fraction of sp³-hybridized carbons (Fsp3) is 0.818. The molecule has 1 aromatic rings. The van der Waals surface area contributed by atoms with Gasteiger partial charge in [-0.15, -0.1) is 5.10 Å². The van der Waals surface area contributed by atoms with Gasteiger partial charge in [0.1, 0.15) is 6.61 Å². The van der Waals surface area contributed by atoms with Gasteiger partial charge in [-0.25, -0.2) is 0 Å². The molecule has 6 nitrogen and oxygen atoms in total. The first-order chi connectivity index (χ1) is 8.20. The third kappa shape index (κ3) is 2.95. The van der Waals surface area contributed by atoms with Gasteiger partial charge in [-0.3, -0.25) is 5.10 Å². The fourth-order valence-corrected chi connectivity index (χ4v) is 2.25. The van der Waals surface area contributed by atoms with E-state index >= 15 is 0 Å². The number of nitrogens with zero attached hydrogens (tertiary/aromatic N) is 3. The molecule has 1 aromatic heterocycles. The van der Waals surface area contributed by atoms with E-state index in [-0.39, 0.29) is 6.04 Å². The summed E-state index contributed by atoms with van der Waals surface area (Å²) in [4.78, 5) is 6.60. The minimum Gasteiger partial charge on any atom is -0.377 e. The number of hydrogen-bond acceptors (Lipinski definition) is 5. The van der Waals surface area contributed by atoms with Crippen LogP contribution >= 0.6 is 0 Å². The fourth-order valence-electron chi connectivity index (χ4n) is 2.25. The van der Waals surface area contributed by atoms with Crippen LogP contribution in [-0.2, 0) is 11.3 Å². The molecule has 2 heterocycles. The molecule has 1 atom stereocenters. The van der Waals surface area contributed by atoms with Gasteiger partial charge in [-0.05, 0) is 25.7 Å². The molecule has 0 bridgehead atoms. The van der Waals surface area contributed by atoms with Gasteiger partial charge in [0.15, 0.2) is 5.82 Å². The Morgan fingerprint density at radius 3 is 2.82 bits per heavy atom. The Morgan fingerprint density at radius 1 is 1.53 bits per heavy atom. The summed E-state index contributed by atoms with van der Waals surface area (Å²) >= 11 is 0. The lowest BCUT2D eigenvalue weighted by atomic mass is 9.91. The van der Waals surface area contributed by atoms with Crippen molar-refractivity contribution < 1.29 is 4.74 Å².